The highest BCUT2D eigenvalue weighted by molar-refractivity contribution is 5.07. The van der Waals surface area contributed by atoms with Gasteiger partial charge in [-0.15, -0.1) is 0 Å². The summed E-state index contributed by atoms with van der Waals surface area (Å²) in [4.78, 5) is 0. The Morgan fingerprint density at radius 1 is 1.44 bits per heavy atom. The highest BCUT2D eigenvalue weighted by atomic mass is 15.0. The van der Waals surface area contributed by atoms with Crippen LogP contribution in [0.5, 0.6) is 0 Å². The molecule has 0 saturated carbocycles. The summed E-state index contributed by atoms with van der Waals surface area (Å²) < 4.78 is 2.28. The molecule has 0 spiro atoms. The molecule has 18 heavy (non-hydrogen) atoms. The van der Waals surface area contributed by atoms with Gasteiger partial charge in [0.2, 0.25) is 0 Å². The van der Waals surface area contributed by atoms with Crippen molar-refractivity contribution in [2.45, 2.75) is 59.7 Å². The van der Waals surface area contributed by atoms with Gasteiger partial charge < -0.3 is 9.88 Å². The van der Waals surface area contributed by atoms with Crippen molar-refractivity contribution in [1.29, 1.82) is 5.26 Å². The standard InChI is InChI=1S/C15H25N3/c1-13(2)17-11-14-7-5-9-18(14)10-6-8-15(3,4)12-16/h5,7,9,13,17H,6,8,10-11H2,1-4H3. The van der Waals surface area contributed by atoms with E-state index >= 15 is 0 Å². The van der Waals surface area contributed by atoms with Gasteiger partial charge in [0.25, 0.3) is 0 Å². The monoisotopic (exact) mass is 247 g/mol. The van der Waals surface area contributed by atoms with Crippen molar-refractivity contribution in [1.82, 2.24) is 9.88 Å². The first kappa shape index (κ1) is 14.8. The van der Waals surface area contributed by atoms with Crippen molar-refractivity contribution < 1.29 is 0 Å². The van der Waals surface area contributed by atoms with E-state index in [1.165, 1.54) is 5.69 Å². The van der Waals surface area contributed by atoms with E-state index in [1.807, 2.05) is 13.8 Å². The van der Waals surface area contributed by atoms with Crippen LogP contribution in [0.15, 0.2) is 18.3 Å². The van der Waals surface area contributed by atoms with Crippen LogP contribution in [-0.4, -0.2) is 10.6 Å². The molecule has 0 aliphatic carbocycles. The topological polar surface area (TPSA) is 40.8 Å². The minimum absolute atomic E-state index is 0.205. The van der Waals surface area contributed by atoms with Gasteiger partial charge in [0.15, 0.2) is 0 Å². The van der Waals surface area contributed by atoms with E-state index in [-0.39, 0.29) is 5.41 Å². The van der Waals surface area contributed by atoms with E-state index in [1.54, 1.807) is 0 Å². The van der Waals surface area contributed by atoms with Gasteiger partial charge in [-0.3, -0.25) is 0 Å². The molecule has 1 N–H and O–H groups in total. The highest BCUT2D eigenvalue weighted by Gasteiger charge is 2.15. The minimum atomic E-state index is -0.205. The molecule has 1 heterocycles. The lowest BCUT2D eigenvalue weighted by Crippen LogP contribution is -2.23. The Labute approximate surface area is 111 Å². The highest BCUT2D eigenvalue weighted by Crippen LogP contribution is 2.21. The van der Waals surface area contributed by atoms with Gasteiger partial charge in [0.05, 0.1) is 11.5 Å². The molecule has 1 aromatic rings. The first-order chi connectivity index (χ1) is 8.44. The Balaban J connectivity index is 2.43. The third-order valence-corrected chi connectivity index (χ3v) is 3.12. The third kappa shape index (κ3) is 4.93. The molecule has 3 heteroatoms. The van der Waals surface area contributed by atoms with E-state index < -0.39 is 0 Å². The summed E-state index contributed by atoms with van der Waals surface area (Å²) in [6.07, 6.45) is 4.11. The second-order valence-electron chi connectivity index (χ2n) is 5.83. The Morgan fingerprint density at radius 3 is 2.78 bits per heavy atom. The van der Waals surface area contributed by atoms with Gasteiger partial charge in [-0.1, -0.05) is 13.8 Å². The smallest absolute Gasteiger partial charge is 0.0683 e. The largest absolute Gasteiger partial charge is 0.350 e. The Hall–Kier alpha value is -1.27. The zero-order chi connectivity index (χ0) is 13.6. The lowest BCUT2D eigenvalue weighted by atomic mass is 9.90. The number of aromatic nitrogens is 1. The first-order valence-corrected chi connectivity index (χ1v) is 6.73. The number of hydrogen-bond donors (Lipinski definition) is 1. The molecule has 100 valence electrons. The van der Waals surface area contributed by atoms with Crippen molar-refractivity contribution >= 4 is 0 Å². The molecule has 0 saturated heterocycles. The molecule has 0 amide bonds. The van der Waals surface area contributed by atoms with Crippen LogP contribution >= 0.6 is 0 Å². The van der Waals surface area contributed by atoms with E-state index in [2.05, 4.69) is 48.1 Å². The number of aryl methyl sites for hydroxylation is 1. The average molecular weight is 247 g/mol. The summed E-state index contributed by atoms with van der Waals surface area (Å²) in [7, 11) is 0. The van der Waals surface area contributed by atoms with Gasteiger partial charge in [-0.05, 0) is 38.8 Å². The quantitative estimate of drug-likeness (QED) is 0.803. The van der Waals surface area contributed by atoms with Crippen LogP contribution < -0.4 is 5.32 Å². The maximum atomic E-state index is 8.98. The Kier molecular flexibility index (Phi) is 5.43. The third-order valence-electron chi connectivity index (χ3n) is 3.12. The molecule has 1 aromatic heterocycles. The minimum Gasteiger partial charge on any atom is -0.350 e. The fourth-order valence-electron chi connectivity index (χ4n) is 1.88. The molecule has 3 nitrogen and oxygen atoms in total. The van der Waals surface area contributed by atoms with Crippen molar-refractivity contribution in [2.24, 2.45) is 5.41 Å². The lowest BCUT2D eigenvalue weighted by molar-refractivity contribution is 0.412. The van der Waals surface area contributed by atoms with Gasteiger partial charge in [0, 0.05) is 31.0 Å². The van der Waals surface area contributed by atoms with E-state index in [4.69, 9.17) is 5.26 Å². The fraction of sp³-hybridized carbons (Fsp3) is 0.667. The molecule has 0 fully saturated rings. The number of nitrogens with zero attached hydrogens (tertiary/aromatic N) is 2. The van der Waals surface area contributed by atoms with E-state index in [0.29, 0.717) is 6.04 Å². The molecule has 0 unspecified atom stereocenters. The normalized spacial score (nSPS) is 11.8. The van der Waals surface area contributed by atoms with Crippen LogP contribution in [0.4, 0.5) is 0 Å². The number of nitriles is 1. The maximum Gasteiger partial charge on any atom is 0.0683 e. The van der Waals surface area contributed by atoms with Crippen LogP contribution in [0.3, 0.4) is 0 Å². The number of rotatable bonds is 7. The molecule has 0 atom stereocenters. The SMILES string of the molecule is CC(C)NCc1cccn1CCCC(C)(C)C#N. The van der Waals surface area contributed by atoms with Crippen LogP contribution in [0.2, 0.25) is 0 Å². The zero-order valence-electron chi connectivity index (χ0n) is 12.0. The molecular formula is C15H25N3. The number of nitrogens with one attached hydrogen (secondary N) is 1. The molecule has 0 aromatic carbocycles. The Bertz CT molecular complexity index is 396. The molecule has 1 rings (SSSR count). The molecule has 0 aliphatic rings. The first-order valence-electron chi connectivity index (χ1n) is 6.73. The summed E-state index contributed by atoms with van der Waals surface area (Å²) in [5.74, 6) is 0. The molecule has 0 bridgehead atoms. The van der Waals surface area contributed by atoms with Gasteiger partial charge >= 0.3 is 0 Å². The zero-order valence-corrected chi connectivity index (χ0v) is 12.0. The van der Waals surface area contributed by atoms with Crippen LogP contribution in [0, 0.1) is 16.7 Å². The summed E-state index contributed by atoms with van der Waals surface area (Å²) in [5.41, 5.74) is 1.11. The van der Waals surface area contributed by atoms with Crippen LogP contribution in [0.25, 0.3) is 0 Å². The van der Waals surface area contributed by atoms with Gasteiger partial charge in [0.1, 0.15) is 0 Å². The second kappa shape index (κ2) is 6.61. The number of hydrogen-bond acceptors (Lipinski definition) is 2. The fourth-order valence-corrected chi connectivity index (χ4v) is 1.88. The molecule has 0 aliphatic heterocycles. The van der Waals surface area contributed by atoms with Crippen molar-refractivity contribution in [3.05, 3.63) is 24.0 Å². The average Bonchev–Trinajstić information content (AvgIpc) is 2.74. The van der Waals surface area contributed by atoms with Crippen molar-refractivity contribution in [2.75, 3.05) is 0 Å². The maximum absolute atomic E-state index is 8.98. The van der Waals surface area contributed by atoms with Crippen LogP contribution in [0.1, 0.15) is 46.2 Å². The van der Waals surface area contributed by atoms with Gasteiger partial charge in [-0.25, -0.2) is 0 Å². The van der Waals surface area contributed by atoms with Crippen molar-refractivity contribution in [3.63, 3.8) is 0 Å². The van der Waals surface area contributed by atoms with Crippen LogP contribution in [-0.2, 0) is 13.1 Å². The predicted octanol–water partition coefficient (Wildman–Crippen LogP) is 3.32. The summed E-state index contributed by atoms with van der Waals surface area (Å²) in [6.45, 7) is 10.2. The molecular weight excluding hydrogens is 222 g/mol. The van der Waals surface area contributed by atoms with E-state index in [9.17, 15) is 0 Å². The summed E-state index contributed by atoms with van der Waals surface area (Å²) >= 11 is 0. The van der Waals surface area contributed by atoms with E-state index in [0.717, 1.165) is 25.9 Å². The summed E-state index contributed by atoms with van der Waals surface area (Å²) in [6, 6.07) is 7.11. The lowest BCUT2D eigenvalue weighted by Gasteiger charge is -2.16. The molecule has 0 radical (unpaired) electrons. The Morgan fingerprint density at radius 2 is 2.17 bits per heavy atom. The van der Waals surface area contributed by atoms with Crippen molar-refractivity contribution in [3.8, 4) is 6.07 Å². The second-order valence-corrected chi connectivity index (χ2v) is 5.83. The predicted molar refractivity (Wildman–Crippen MR) is 75.0 cm³/mol. The summed E-state index contributed by atoms with van der Waals surface area (Å²) in [5, 5.41) is 12.4. The van der Waals surface area contributed by atoms with Gasteiger partial charge in [-0.2, -0.15) is 5.26 Å².